The Bertz CT molecular complexity index is 1090. The van der Waals surface area contributed by atoms with E-state index in [0.29, 0.717) is 17.2 Å². The van der Waals surface area contributed by atoms with E-state index in [9.17, 15) is 18.0 Å². The van der Waals surface area contributed by atoms with Crippen LogP contribution in [-0.4, -0.2) is 20.7 Å². The highest BCUT2D eigenvalue weighted by molar-refractivity contribution is 6.06. The Balaban J connectivity index is 1.71. The van der Waals surface area contributed by atoms with Crippen molar-refractivity contribution in [3.8, 4) is 0 Å². The number of carbonyl (C=O) groups excluding carboxylic acids is 1. The van der Waals surface area contributed by atoms with Crippen LogP contribution < -0.4 is 10.6 Å². The minimum absolute atomic E-state index is 0.0568. The molecule has 2 N–H and O–H groups in total. The molecule has 6 nitrogen and oxygen atoms in total. The molecular weight excluding hydrogens is 383 g/mol. The summed E-state index contributed by atoms with van der Waals surface area (Å²) in [5.41, 5.74) is 0.909. The van der Waals surface area contributed by atoms with Crippen LogP contribution in [0.4, 0.5) is 24.8 Å². The van der Waals surface area contributed by atoms with Gasteiger partial charge in [-0.25, -0.2) is 4.68 Å². The molecule has 2 aromatic carbocycles. The number of benzene rings is 2. The Kier molecular flexibility index (Phi) is 4.57. The van der Waals surface area contributed by atoms with Crippen LogP contribution in [0.5, 0.6) is 0 Å². The largest absolute Gasteiger partial charge is 0.416 e. The average molecular weight is 399 g/mol. The molecular formula is C20H16F3N5O. The third kappa shape index (κ3) is 3.58. The van der Waals surface area contributed by atoms with Crippen LogP contribution in [0, 0.1) is 0 Å². The maximum Gasteiger partial charge on any atom is 0.416 e. The van der Waals surface area contributed by atoms with E-state index in [4.69, 9.17) is 0 Å². The van der Waals surface area contributed by atoms with Gasteiger partial charge in [-0.1, -0.05) is 36.4 Å². The van der Waals surface area contributed by atoms with Crippen molar-refractivity contribution in [1.29, 1.82) is 0 Å². The van der Waals surface area contributed by atoms with Crippen LogP contribution in [0.25, 0.3) is 0 Å². The molecule has 1 atom stereocenters. The first-order chi connectivity index (χ1) is 13.8. The van der Waals surface area contributed by atoms with E-state index in [0.717, 1.165) is 17.7 Å². The predicted molar refractivity (Wildman–Crippen MR) is 101 cm³/mol. The third-order valence-corrected chi connectivity index (χ3v) is 4.60. The highest BCUT2D eigenvalue weighted by atomic mass is 19.4. The van der Waals surface area contributed by atoms with Crippen LogP contribution in [0.3, 0.4) is 0 Å². The number of amides is 1. The number of hydrogen-bond donors (Lipinski definition) is 2. The van der Waals surface area contributed by atoms with Crippen molar-refractivity contribution in [3.63, 3.8) is 0 Å². The summed E-state index contributed by atoms with van der Waals surface area (Å²) in [6.45, 7) is 1.72. The number of alkyl halides is 3. The van der Waals surface area contributed by atoms with E-state index < -0.39 is 23.7 Å². The molecule has 1 amide bonds. The summed E-state index contributed by atoms with van der Waals surface area (Å²) >= 11 is 0. The predicted octanol–water partition coefficient (Wildman–Crippen LogP) is 4.22. The average Bonchev–Trinajstić information content (AvgIpc) is 3.15. The van der Waals surface area contributed by atoms with E-state index in [1.165, 1.54) is 18.5 Å². The van der Waals surface area contributed by atoms with Gasteiger partial charge in [-0.05, 0) is 30.7 Å². The molecule has 3 aromatic rings. The summed E-state index contributed by atoms with van der Waals surface area (Å²) in [5, 5.41) is 9.81. The topological polar surface area (TPSA) is 71.8 Å². The molecule has 0 saturated carbocycles. The molecule has 0 spiro atoms. The summed E-state index contributed by atoms with van der Waals surface area (Å²) in [6.07, 6.45) is -3.12. The van der Waals surface area contributed by atoms with Crippen molar-refractivity contribution < 1.29 is 18.0 Å². The van der Waals surface area contributed by atoms with Crippen LogP contribution in [-0.2, 0) is 11.0 Å². The highest BCUT2D eigenvalue weighted by Crippen LogP contribution is 2.35. The van der Waals surface area contributed by atoms with Crippen LogP contribution in [0.1, 0.15) is 24.1 Å². The lowest BCUT2D eigenvalue weighted by molar-refractivity contribution is -0.137. The van der Waals surface area contributed by atoms with E-state index >= 15 is 0 Å². The molecule has 1 aromatic heterocycles. The monoisotopic (exact) mass is 399 g/mol. The Morgan fingerprint density at radius 3 is 2.62 bits per heavy atom. The molecule has 148 valence electrons. The van der Waals surface area contributed by atoms with Crippen molar-refractivity contribution in [2.75, 3.05) is 10.6 Å². The van der Waals surface area contributed by atoms with Crippen molar-refractivity contribution in [3.05, 3.63) is 83.3 Å². The second kappa shape index (κ2) is 7.08. The molecule has 4 rings (SSSR count). The summed E-state index contributed by atoms with van der Waals surface area (Å²) in [4.78, 5) is 17.3. The van der Waals surface area contributed by atoms with E-state index in [1.54, 1.807) is 11.6 Å². The number of rotatable bonds is 3. The number of halogens is 3. The first-order valence-electron chi connectivity index (χ1n) is 8.75. The zero-order valence-corrected chi connectivity index (χ0v) is 15.2. The number of aromatic nitrogens is 3. The van der Waals surface area contributed by atoms with E-state index in [1.807, 2.05) is 30.3 Å². The Labute approximate surface area is 164 Å². The molecule has 0 radical (unpaired) electrons. The van der Waals surface area contributed by atoms with Gasteiger partial charge in [0.05, 0.1) is 11.1 Å². The van der Waals surface area contributed by atoms with Crippen LogP contribution in [0.15, 0.2) is 72.2 Å². The zero-order chi connectivity index (χ0) is 20.6. The lowest BCUT2D eigenvalue weighted by atomic mass is 9.95. The fourth-order valence-electron chi connectivity index (χ4n) is 3.30. The van der Waals surface area contributed by atoms with Gasteiger partial charge in [-0.15, -0.1) is 0 Å². The number of allylic oxidation sites excluding steroid dienone is 1. The summed E-state index contributed by atoms with van der Waals surface area (Å²) in [7, 11) is 0. The van der Waals surface area contributed by atoms with E-state index in [2.05, 4.69) is 20.7 Å². The number of carbonyl (C=O) groups is 1. The Hall–Kier alpha value is -3.62. The normalized spacial score (nSPS) is 16.2. The van der Waals surface area contributed by atoms with Gasteiger partial charge in [0, 0.05) is 11.4 Å². The van der Waals surface area contributed by atoms with Gasteiger partial charge in [0.15, 0.2) is 0 Å². The van der Waals surface area contributed by atoms with Crippen molar-refractivity contribution in [1.82, 2.24) is 14.8 Å². The second-order valence-corrected chi connectivity index (χ2v) is 6.54. The molecule has 29 heavy (non-hydrogen) atoms. The van der Waals surface area contributed by atoms with Gasteiger partial charge >= 0.3 is 6.18 Å². The van der Waals surface area contributed by atoms with Crippen LogP contribution >= 0.6 is 0 Å². The molecule has 1 unspecified atom stereocenters. The zero-order valence-electron chi connectivity index (χ0n) is 15.2. The Morgan fingerprint density at radius 2 is 1.90 bits per heavy atom. The molecule has 9 heteroatoms. The molecule has 0 bridgehead atoms. The molecule has 1 aliphatic rings. The second-order valence-electron chi connectivity index (χ2n) is 6.54. The number of anilines is 2. The lowest BCUT2D eigenvalue weighted by Gasteiger charge is -2.28. The summed E-state index contributed by atoms with van der Waals surface area (Å²) < 4.78 is 40.5. The standard InChI is InChI=1S/C20H16F3N5O/c1-12-16(18(29)27-15-9-5-8-14(10-15)20(21,22)23)17(13-6-3-2-4-7-13)28-19(26-12)24-11-25-28/h2-11,17H,1H3,(H,27,29)(H,24,25,26). The maximum absolute atomic E-state index is 13.1. The third-order valence-electron chi connectivity index (χ3n) is 4.60. The summed E-state index contributed by atoms with van der Waals surface area (Å²) in [6, 6.07) is 13.2. The quantitative estimate of drug-likeness (QED) is 0.692. The maximum atomic E-state index is 13.1. The highest BCUT2D eigenvalue weighted by Gasteiger charge is 2.34. The molecule has 0 aliphatic carbocycles. The number of nitrogens with one attached hydrogen (secondary N) is 2. The number of nitrogens with zero attached hydrogens (tertiary/aromatic N) is 3. The fraction of sp³-hybridized carbons (Fsp3) is 0.150. The van der Waals surface area contributed by atoms with E-state index in [-0.39, 0.29) is 5.69 Å². The van der Waals surface area contributed by atoms with Gasteiger partial charge < -0.3 is 10.6 Å². The van der Waals surface area contributed by atoms with Gasteiger partial charge in [0.2, 0.25) is 5.95 Å². The van der Waals surface area contributed by atoms with Gasteiger partial charge in [-0.3, -0.25) is 4.79 Å². The minimum atomic E-state index is -4.50. The first-order valence-corrected chi connectivity index (χ1v) is 8.75. The summed E-state index contributed by atoms with van der Waals surface area (Å²) in [5.74, 6) is -0.0451. The van der Waals surface area contributed by atoms with Gasteiger partial charge in [-0.2, -0.15) is 23.3 Å². The fourth-order valence-corrected chi connectivity index (χ4v) is 3.30. The number of fused-ring (bicyclic) bond motifs is 1. The number of hydrogen-bond acceptors (Lipinski definition) is 4. The van der Waals surface area contributed by atoms with Gasteiger partial charge in [0.1, 0.15) is 12.4 Å². The SMILES string of the molecule is CC1=C(C(=O)Nc2cccc(C(F)(F)F)c2)C(c2ccccc2)n2ncnc2N1. The first kappa shape index (κ1) is 18.7. The van der Waals surface area contributed by atoms with Crippen LogP contribution in [0.2, 0.25) is 0 Å². The van der Waals surface area contributed by atoms with Crippen molar-refractivity contribution in [2.24, 2.45) is 0 Å². The van der Waals surface area contributed by atoms with Crippen molar-refractivity contribution in [2.45, 2.75) is 19.1 Å². The van der Waals surface area contributed by atoms with Gasteiger partial charge in [0.25, 0.3) is 5.91 Å². The minimum Gasteiger partial charge on any atom is -0.328 e. The molecule has 1 aliphatic heterocycles. The molecule has 2 heterocycles. The van der Waals surface area contributed by atoms with Crippen molar-refractivity contribution >= 4 is 17.5 Å². The molecule has 0 saturated heterocycles. The Morgan fingerprint density at radius 1 is 1.14 bits per heavy atom. The smallest absolute Gasteiger partial charge is 0.328 e. The molecule has 0 fully saturated rings. The lowest BCUT2D eigenvalue weighted by Crippen LogP contribution is -2.31.